The molecule has 2 saturated heterocycles. The minimum atomic E-state index is -1.41. The molecule has 9 amide bonds. The number of aryl methyl sites for hydroxylation is 1. The summed E-state index contributed by atoms with van der Waals surface area (Å²) in [5.74, 6) is -3.10. The second kappa shape index (κ2) is 36.6. The van der Waals surface area contributed by atoms with Crippen LogP contribution in [0.5, 0.6) is 5.75 Å². The number of aliphatic hydroxyl groups excluding tert-OH is 1. The van der Waals surface area contributed by atoms with Gasteiger partial charge in [-0.1, -0.05) is 44.2 Å². The number of amides is 9. The number of thiophene rings is 1. The van der Waals surface area contributed by atoms with Crippen molar-refractivity contribution in [3.8, 4) is 5.75 Å². The highest BCUT2D eigenvalue weighted by atomic mass is 35.5. The molecule has 4 aliphatic rings. The number of para-hydroxylation sites is 1. The second-order valence-corrected chi connectivity index (χ2v) is 27.2. The topological polar surface area (TPSA) is 385 Å². The van der Waals surface area contributed by atoms with Gasteiger partial charge >= 0.3 is 6.09 Å². The van der Waals surface area contributed by atoms with Gasteiger partial charge in [-0.25, -0.2) is 9.69 Å². The van der Waals surface area contributed by atoms with E-state index in [-0.39, 0.29) is 133 Å². The molecule has 32 heteroatoms. The van der Waals surface area contributed by atoms with Crippen LogP contribution in [-0.2, 0) is 63.8 Å². The van der Waals surface area contributed by atoms with Crippen LogP contribution in [0.4, 0.5) is 21.9 Å². The summed E-state index contributed by atoms with van der Waals surface area (Å²) < 4.78 is 40.2. The number of carbonyl (C=O) groups is 9. The van der Waals surface area contributed by atoms with Crippen LogP contribution in [0.25, 0.3) is 31.9 Å². The van der Waals surface area contributed by atoms with E-state index in [9.17, 15) is 48.3 Å². The van der Waals surface area contributed by atoms with Gasteiger partial charge in [-0.3, -0.25) is 48.6 Å². The number of alkyl halides is 1. The number of nitrogens with zero attached hydrogens (tertiary/aromatic N) is 4. The maximum atomic E-state index is 14.6. The standard InChI is InChI=1S/C73H88ClN13O17S/c1-43(2)64(83-59(89)19-27-98-29-31-100-33-34-101-32-30-99-28-21-76-58(88)18-22-86-60(90)16-17-61(86)91)69(94)82-53(9-6-20-77-70-66(75)104-70)67(92)78-49-12-10-45(11-13-49)41-102-72(96)84-23-25-85(26-24-84)73(97)103-57-38-56-63(62-44(3)42-105-65(57)62)48(39-74)40-87(56)71(95)55-37-47-35-50(14-15-52(47)81-55)79-68(93)54-36-46-7-4-5-8-51(46)80-54/h4-5,7-8,10-17,35-38,42-43,48,53,64,66,70,73,77,80-81,97H,6,9,18-34,39-41,75H2,1-3H3,(H,76,88)(H,78,92)(H,79,93)(H,82,94)(H,83,89)/t48-,53+,64+,66?,70?,73?/m1/s1. The number of imide groups is 1. The lowest BCUT2D eigenvalue weighted by Crippen LogP contribution is -2.54. The van der Waals surface area contributed by atoms with Crippen molar-refractivity contribution in [3.63, 3.8) is 0 Å². The van der Waals surface area contributed by atoms with Crippen LogP contribution in [-0.4, -0.2) is 225 Å². The number of aromatic amines is 2. The highest BCUT2D eigenvalue weighted by Gasteiger charge is 2.39. The summed E-state index contributed by atoms with van der Waals surface area (Å²) in [4.78, 5) is 130. The van der Waals surface area contributed by atoms with E-state index in [1.165, 1.54) is 23.5 Å². The molecule has 11 N–H and O–H groups in total. The fourth-order valence-corrected chi connectivity index (χ4v) is 13.7. The molecule has 3 aromatic heterocycles. The van der Waals surface area contributed by atoms with Gasteiger partial charge in [0.2, 0.25) is 23.6 Å². The normalized spacial score (nSPS) is 17.3. The SMILES string of the molecule is Cc1csc2c(OC(O)N3CCN(C(=O)OCc4ccc(NC(=O)[C@H](CCCNC5OC5N)NC(=O)[C@@H](NC(=O)CCOCCOCCOCCOCCNC(=O)CCN5C(=O)C=CC5=O)C(C)C)cc4)CC3)cc3c(c12)[C@H](CCl)CN3C(=O)c1cc2cc(NC(=O)c3cc4ccccc4[nH]3)ccc2[nH]1. The summed E-state index contributed by atoms with van der Waals surface area (Å²) >= 11 is 8.13. The van der Waals surface area contributed by atoms with Crippen molar-refractivity contribution in [2.24, 2.45) is 11.7 Å². The number of fused-ring (bicyclic) bond motifs is 5. The molecule has 0 aliphatic carbocycles. The highest BCUT2D eigenvalue weighted by Crippen LogP contribution is 2.49. The summed E-state index contributed by atoms with van der Waals surface area (Å²) in [6, 6.07) is 23.2. The Hall–Kier alpha value is -9.38. The fourth-order valence-electron chi connectivity index (χ4n) is 12.4. The molecule has 4 aliphatic heterocycles. The van der Waals surface area contributed by atoms with Gasteiger partial charge in [-0.15, -0.1) is 22.9 Å². The molecule has 105 heavy (non-hydrogen) atoms. The van der Waals surface area contributed by atoms with E-state index in [0.717, 1.165) is 42.4 Å². The number of H-pyrrole nitrogens is 2. The number of hydrogen-bond donors (Lipinski definition) is 10. The molecule has 4 aromatic carbocycles. The van der Waals surface area contributed by atoms with Crippen molar-refractivity contribution in [2.75, 3.05) is 127 Å². The average molecular weight is 1490 g/mol. The van der Waals surface area contributed by atoms with E-state index in [4.69, 9.17) is 50.5 Å². The molecule has 560 valence electrons. The van der Waals surface area contributed by atoms with Gasteiger partial charge in [0, 0.05) is 127 Å². The zero-order valence-electron chi connectivity index (χ0n) is 58.5. The van der Waals surface area contributed by atoms with Crippen molar-refractivity contribution in [1.29, 1.82) is 0 Å². The molecule has 6 atom stereocenters. The van der Waals surface area contributed by atoms with Crippen molar-refractivity contribution < 1.29 is 81.4 Å². The minimum Gasteiger partial charge on any atom is -0.450 e. The van der Waals surface area contributed by atoms with Crippen molar-refractivity contribution >= 4 is 125 Å². The molecule has 0 spiro atoms. The molecule has 7 heterocycles. The van der Waals surface area contributed by atoms with Crippen LogP contribution in [0.3, 0.4) is 0 Å². The molecule has 2 fully saturated rings. The van der Waals surface area contributed by atoms with Gasteiger partial charge in [0.05, 0.1) is 63.2 Å². The van der Waals surface area contributed by atoms with Gasteiger partial charge in [0.25, 0.3) is 30.0 Å². The van der Waals surface area contributed by atoms with Gasteiger partial charge in [0.1, 0.15) is 48.3 Å². The number of hydrogen-bond acceptors (Lipinski definition) is 21. The number of carbonyl (C=O) groups excluding carboxylic acids is 9. The van der Waals surface area contributed by atoms with Crippen LogP contribution < -0.4 is 47.3 Å². The lowest BCUT2D eigenvalue weighted by molar-refractivity contribution is -0.145. The van der Waals surface area contributed by atoms with Crippen molar-refractivity contribution in [3.05, 3.63) is 131 Å². The summed E-state index contributed by atoms with van der Waals surface area (Å²) in [5.41, 5.74) is 12.2. The van der Waals surface area contributed by atoms with E-state index in [0.29, 0.717) is 91.2 Å². The summed E-state index contributed by atoms with van der Waals surface area (Å²) in [6.45, 7) is 9.48. The highest BCUT2D eigenvalue weighted by molar-refractivity contribution is 7.17. The summed E-state index contributed by atoms with van der Waals surface area (Å²) in [6.07, 6.45) is 0.336. The smallest absolute Gasteiger partial charge is 0.410 e. The van der Waals surface area contributed by atoms with Crippen LogP contribution in [0.1, 0.15) is 83.1 Å². The third-order valence-electron chi connectivity index (χ3n) is 18.2. The van der Waals surface area contributed by atoms with Crippen LogP contribution in [0.15, 0.2) is 102 Å². The zero-order chi connectivity index (χ0) is 74.1. The number of halogens is 1. The molecule has 3 unspecified atom stereocenters. The minimum absolute atomic E-state index is 0.000818. The van der Waals surface area contributed by atoms with Crippen molar-refractivity contribution in [2.45, 2.75) is 89.9 Å². The lowest BCUT2D eigenvalue weighted by atomic mass is 9.97. The Morgan fingerprint density at radius 3 is 2.10 bits per heavy atom. The number of rotatable bonds is 38. The Kier molecular flexibility index (Phi) is 26.7. The number of piperazine rings is 1. The first-order valence-corrected chi connectivity index (χ1v) is 36.4. The van der Waals surface area contributed by atoms with Gasteiger partial charge in [-0.2, -0.15) is 0 Å². The number of nitrogens with two attached hydrogens (primary N) is 1. The average Bonchev–Trinajstić information content (AvgIpc) is 1.57. The predicted octanol–water partition coefficient (Wildman–Crippen LogP) is 5.48. The van der Waals surface area contributed by atoms with E-state index in [1.54, 1.807) is 77.1 Å². The van der Waals surface area contributed by atoms with Crippen LogP contribution in [0.2, 0.25) is 0 Å². The Balaban J connectivity index is 0.592. The van der Waals surface area contributed by atoms with E-state index in [2.05, 4.69) is 41.9 Å². The number of anilines is 3. The van der Waals surface area contributed by atoms with Gasteiger partial charge in [-0.05, 0) is 103 Å². The summed E-state index contributed by atoms with van der Waals surface area (Å²) in [5, 5.41) is 33.5. The maximum absolute atomic E-state index is 14.6. The number of benzene rings is 4. The molecule has 0 saturated carbocycles. The molecule has 11 rings (SSSR count). The quantitative estimate of drug-likeness (QED) is 0.00753. The first kappa shape index (κ1) is 76.7. The molecule has 0 radical (unpaired) electrons. The summed E-state index contributed by atoms with van der Waals surface area (Å²) in [7, 11) is 0. The largest absolute Gasteiger partial charge is 0.450 e. The van der Waals surface area contributed by atoms with Crippen molar-refractivity contribution in [1.82, 2.24) is 45.9 Å². The number of aromatic nitrogens is 2. The predicted molar refractivity (Wildman–Crippen MR) is 391 cm³/mol. The molecular weight excluding hydrogens is 1400 g/mol. The number of epoxide rings is 1. The maximum Gasteiger partial charge on any atom is 0.410 e. The van der Waals surface area contributed by atoms with Crippen LogP contribution in [0, 0.1) is 12.8 Å². The lowest BCUT2D eigenvalue weighted by Gasteiger charge is -2.36. The van der Waals surface area contributed by atoms with Gasteiger partial charge < -0.3 is 90.3 Å². The Morgan fingerprint density at radius 1 is 0.743 bits per heavy atom. The van der Waals surface area contributed by atoms with E-state index in [1.807, 2.05) is 48.7 Å². The Bertz CT molecular complexity index is 4240. The molecule has 0 bridgehead atoms. The molecule has 30 nitrogen and oxygen atoms in total. The first-order chi connectivity index (χ1) is 50.8. The van der Waals surface area contributed by atoms with Crippen LogP contribution >= 0.6 is 22.9 Å². The third-order valence-corrected chi connectivity index (χ3v) is 19.7. The zero-order valence-corrected chi connectivity index (χ0v) is 60.1. The first-order valence-electron chi connectivity index (χ1n) is 35.0. The Morgan fingerprint density at radius 2 is 1.41 bits per heavy atom. The second-order valence-electron chi connectivity index (χ2n) is 26.0. The van der Waals surface area contributed by atoms with E-state index < -0.39 is 60.4 Å². The van der Waals surface area contributed by atoms with Gasteiger partial charge in [0.15, 0.2) is 0 Å². The monoisotopic (exact) mass is 1490 g/mol. The number of ether oxygens (including phenoxy) is 7. The number of nitrogens with one attached hydrogen (secondary N) is 8. The van der Waals surface area contributed by atoms with E-state index >= 15 is 0 Å². The third kappa shape index (κ3) is 20.4. The Labute approximate surface area is 614 Å². The fraction of sp³-hybridized carbons (Fsp3) is 0.438. The molecular formula is C73H88ClN13O17S. The molecule has 7 aromatic rings. The number of aliphatic hydroxyl groups is 1.